The lowest BCUT2D eigenvalue weighted by molar-refractivity contribution is -0.120. The monoisotopic (exact) mass is 133 g/mol. The van der Waals surface area contributed by atoms with Crippen LogP contribution in [-0.4, -0.2) is 24.7 Å². The Morgan fingerprint density at radius 3 is 1.89 bits per heavy atom. The minimum Gasteiger partial charge on any atom is -0.397 e. The number of rotatable bonds is 1. The van der Waals surface area contributed by atoms with Crippen molar-refractivity contribution in [1.29, 1.82) is 0 Å². The highest BCUT2D eigenvalue weighted by molar-refractivity contribution is 5.74. The van der Waals surface area contributed by atoms with Gasteiger partial charge in [0.25, 0.3) is 0 Å². The quantitative estimate of drug-likeness (QED) is 0.534. The Balaban J connectivity index is 0. The number of carbonyl (C=O) groups is 1. The van der Waals surface area contributed by atoms with Gasteiger partial charge in [-0.25, -0.2) is 0 Å². The summed E-state index contributed by atoms with van der Waals surface area (Å²) in [5.41, 5.74) is 0. The van der Waals surface area contributed by atoms with Crippen LogP contribution in [-0.2, 0) is 4.79 Å². The van der Waals surface area contributed by atoms with Crippen molar-refractivity contribution in [2.45, 2.75) is 20.3 Å². The van der Waals surface area contributed by atoms with Crippen molar-refractivity contribution in [3.05, 3.63) is 0 Å². The van der Waals surface area contributed by atoms with Crippen LogP contribution in [0.2, 0.25) is 0 Å². The molecule has 0 unspecified atom stereocenters. The fourth-order valence-electron chi connectivity index (χ4n) is 0.177. The second kappa shape index (κ2) is 10.4. The van der Waals surface area contributed by atoms with E-state index in [9.17, 15) is 4.79 Å². The fourth-order valence-corrected chi connectivity index (χ4v) is 0.177. The summed E-state index contributed by atoms with van der Waals surface area (Å²) >= 11 is 0. The highest BCUT2D eigenvalue weighted by Gasteiger charge is 1.84. The molecule has 9 heavy (non-hydrogen) atoms. The molecular formula is C6H15NO2. The van der Waals surface area contributed by atoms with E-state index in [2.05, 4.69) is 5.32 Å². The third kappa shape index (κ3) is 18.6. The van der Waals surface area contributed by atoms with Gasteiger partial charge in [0.15, 0.2) is 0 Å². The van der Waals surface area contributed by atoms with Gasteiger partial charge in [0.05, 0.1) is 0 Å². The highest BCUT2D eigenvalue weighted by atomic mass is 16.2. The van der Waals surface area contributed by atoms with Crippen molar-refractivity contribution in [1.82, 2.24) is 5.32 Å². The van der Waals surface area contributed by atoms with Crippen molar-refractivity contribution in [2.24, 2.45) is 0 Å². The Labute approximate surface area is 56.1 Å². The van der Waals surface area contributed by atoms with Gasteiger partial charge in [-0.05, 0) is 6.92 Å². The summed E-state index contributed by atoms with van der Waals surface area (Å²) in [6.45, 7) is 3.75. The molecule has 0 fully saturated rings. The molecule has 0 bridgehead atoms. The summed E-state index contributed by atoms with van der Waals surface area (Å²) in [6, 6.07) is 0. The van der Waals surface area contributed by atoms with Gasteiger partial charge < -0.3 is 10.4 Å². The molecule has 56 valence electrons. The number of carbonyl (C=O) groups excluding carboxylic acids is 1. The minimum atomic E-state index is 0.0926. The van der Waals surface area contributed by atoms with Crippen LogP contribution in [0, 0.1) is 0 Å². The molecule has 0 spiro atoms. The van der Waals surface area contributed by atoms with Gasteiger partial charge in [-0.3, -0.25) is 4.79 Å². The Hall–Kier alpha value is -0.570. The van der Waals surface area contributed by atoms with E-state index in [1.54, 1.807) is 14.0 Å². The van der Waals surface area contributed by atoms with E-state index < -0.39 is 0 Å². The van der Waals surface area contributed by atoms with Crippen LogP contribution in [0.15, 0.2) is 0 Å². The summed E-state index contributed by atoms with van der Waals surface area (Å²) in [5.74, 6) is 0.0926. The Bertz CT molecular complexity index is 58.1. The molecule has 0 aromatic carbocycles. The van der Waals surface area contributed by atoms with Crippen molar-refractivity contribution < 1.29 is 9.90 Å². The van der Waals surface area contributed by atoms with Crippen LogP contribution in [0.1, 0.15) is 20.3 Å². The molecule has 0 aliphatic rings. The Morgan fingerprint density at radius 1 is 1.56 bits per heavy atom. The number of hydrogen-bond donors (Lipinski definition) is 2. The first-order valence-corrected chi connectivity index (χ1v) is 3.04. The van der Waals surface area contributed by atoms with Crippen LogP contribution >= 0.6 is 0 Å². The molecule has 2 N–H and O–H groups in total. The summed E-state index contributed by atoms with van der Waals surface area (Å²) in [4.78, 5) is 10.1. The van der Waals surface area contributed by atoms with Gasteiger partial charge in [-0.15, -0.1) is 0 Å². The summed E-state index contributed by atoms with van der Waals surface area (Å²) in [5, 5.41) is 10.0. The molecule has 0 rings (SSSR count). The van der Waals surface area contributed by atoms with Crippen LogP contribution in [0.5, 0.6) is 0 Å². The van der Waals surface area contributed by atoms with Crippen LogP contribution in [0.25, 0.3) is 0 Å². The molecule has 3 nitrogen and oxygen atoms in total. The molecule has 0 aromatic heterocycles. The Kier molecular flexibility index (Phi) is 13.0. The van der Waals surface area contributed by atoms with E-state index in [-0.39, 0.29) is 12.5 Å². The highest BCUT2D eigenvalue weighted by Crippen LogP contribution is 1.68. The number of aliphatic hydroxyl groups excluding tert-OH is 1. The fraction of sp³-hybridized carbons (Fsp3) is 0.833. The number of amides is 1. The van der Waals surface area contributed by atoms with Gasteiger partial charge in [-0.2, -0.15) is 0 Å². The van der Waals surface area contributed by atoms with Gasteiger partial charge >= 0.3 is 0 Å². The molecule has 0 atom stereocenters. The maximum absolute atomic E-state index is 10.1. The lowest BCUT2D eigenvalue weighted by Crippen LogP contribution is -2.15. The molecule has 0 saturated heterocycles. The van der Waals surface area contributed by atoms with Crippen LogP contribution < -0.4 is 5.32 Å². The first-order valence-electron chi connectivity index (χ1n) is 3.04. The zero-order valence-corrected chi connectivity index (χ0v) is 6.27. The second-order valence-corrected chi connectivity index (χ2v) is 1.34. The van der Waals surface area contributed by atoms with Crippen molar-refractivity contribution >= 4 is 5.91 Å². The number of aliphatic hydroxyl groups is 1. The zero-order valence-electron chi connectivity index (χ0n) is 6.27. The van der Waals surface area contributed by atoms with Gasteiger partial charge in [0.2, 0.25) is 5.91 Å². The van der Waals surface area contributed by atoms with E-state index in [4.69, 9.17) is 5.11 Å². The lowest BCUT2D eigenvalue weighted by Gasteiger charge is -1.87. The Morgan fingerprint density at radius 2 is 1.89 bits per heavy atom. The van der Waals surface area contributed by atoms with Crippen LogP contribution in [0.4, 0.5) is 0 Å². The van der Waals surface area contributed by atoms with E-state index in [0.29, 0.717) is 6.42 Å². The number of hydrogen-bond acceptors (Lipinski definition) is 2. The maximum Gasteiger partial charge on any atom is 0.219 e. The third-order valence-corrected chi connectivity index (χ3v) is 0.600. The lowest BCUT2D eigenvalue weighted by atomic mass is 10.5. The molecule has 0 radical (unpaired) electrons. The first kappa shape index (κ1) is 11.3. The molecule has 0 aliphatic carbocycles. The first-order chi connectivity index (χ1) is 4.22. The van der Waals surface area contributed by atoms with E-state index in [1.807, 2.05) is 6.92 Å². The number of nitrogens with one attached hydrogen (secondary N) is 1. The summed E-state index contributed by atoms with van der Waals surface area (Å²) in [6.07, 6.45) is 0.580. The van der Waals surface area contributed by atoms with Crippen molar-refractivity contribution in [3.8, 4) is 0 Å². The molecule has 0 saturated carbocycles. The molecule has 1 amide bonds. The molecular weight excluding hydrogens is 118 g/mol. The molecule has 0 aromatic rings. The summed E-state index contributed by atoms with van der Waals surface area (Å²) < 4.78 is 0. The maximum atomic E-state index is 10.1. The average molecular weight is 133 g/mol. The molecule has 0 heterocycles. The van der Waals surface area contributed by atoms with E-state index in [1.165, 1.54) is 0 Å². The summed E-state index contributed by atoms with van der Waals surface area (Å²) in [7, 11) is 1.63. The molecule has 3 heteroatoms. The predicted octanol–water partition coefficient (Wildman–Crippen LogP) is 0.141. The van der Waals surface area contributed by atoms with Crippen molar-refractivity contribution in [2.75, 3.05) is 13.7 Å². The predicted molar refractivity (Wildman–Crippen MR) is 37.1 cm³/mol. The minimum absolute atomic E-state index is 0.0926. The average Bonchev–Trinajstić information content (AvgIpc) is 1.88. The topological polar surface area (TPSA) is 49.3 Å². The van der Waals surface area contributed by atoms with Crippen molar-refractivity contribution in [3.63, 3.8) is 0 Å². The molecule has 0 aliphatic heterocycles. The SMILES string of the molecule is CCC(=O)NC.CCO. The second-order valence-electron chi connectivity index (χ2n) is 1.34. The zero-order chi connectivity index (χ0) is 7.70. The smallest absolute Gasteiger partial charge is 0.219 e. The van der Waals surface area contributed by atoms with Gasteiger partial charge in [0, 0.05) is 20.1 Å². The van der Waals surface area contributed by atoms with E-state index in [0.717, 1.165) is 0 Å². The third-order valence-electron chi connectivity index (χ3n) is 0.600. The van der Waals surface area contributed by atoms with E-state index >= 15 is 0 Å². The van der Waals surface area contributed by atoms with Gasteiger partial charge in [0.1, 0.15) is 0 Å². The van der Waals surface area contributed by atoms with Crippen LogP contribution in [0.3, 0.4) is 0 Å². The largest absolute Gasteiger partial charge is 0.397 e. The van der Waals surface area contributed by atoms with Gasteiger partial charge in [-0.1, -0.05) is 6.92 Å². The standard InChI is InChI=1S/C4H9NO.C2H6O/c1-3-4(6)5-2;1-2-3/h3H2,1-2H3,(H,5,6);3H,2H2,1H3. The normalized spacial score (nSPS) is 7.11.